The lowest BCUT2D eigenvalue weighted by atomic mass is 9.92. The Bertz CT molecular complexity index is 810. The van der Waals surface area contributed by atoms with E-state index >= 15 is 0 Å². The summed E-state index contributed by atoms with van der Waals surface area (Å²) < 4.78 is 5.60. The van der Waals surface area contributed by atoms with Crippen molar-refractivity contribution in [1.29, 1.82) is 0 Å². The molecule has 2 unspecified atom stereocenters. The predicted molar refractivity (Wildman–Crippen MR) is 95.0 cm³/mol. The second kappa shape index (κ2) is 7.31. The molecule has 0 radical (unpaired) electrons. The number of aliphatic hydroxyl groups is 1. The molecular weight excluding hydrogens is 358 g/mol. The van der Waals surface area contributed by atoms with Crippen molar-refractivity contribution in [2.24, 2.45) is 0 Å². The van der Waals surface area contributed by atoms with Crippen LogP contribution < -0.4 is 15.4 Å². The minimum absolute atomic E-state index is 0.318. The molecule has 1 aliphatic rings. The Morgan fingerprint density at radius 1 is 1.23 bits per heavy atom. The number of pyridine rings is 1. The van der Waals surface area contributed by atoms with Crippen LogP contribution in [0.5, 0.6) is 11.6 Å². The van der Waals surface area contributed by atoms with Crippen molar-refractivity contribution in [2.75, 3.05) is 0 Å². The zero-order valence-corrected chi connectivity index (χ0v) is 14.8. The van der Waals surface area contributed by atoms with Gasteiger partial charge in [-0.25, -0.2) is 9.78 Å². The minimum atomic E-state index is -0.999. The number of benzene rings is 1. The fraction of sp³-hybridized carbons (Fsp3) is 0.278. The number of aliphatic hydroxyl groups excluding tert-OH is 1. The zero-order chi connectivity index (χ0) is 18.7. The highest BCUT2D eigenvalue weighted by Crippen LogP contribution is 2.27. The first-order valence-electron chi connectivity index (χ1n) is 8.07. The van der Waals surface area contributed by atoms with E-state index in [1.807, 2.05) is 0 Å². The number of halogens is 1. The summed E-state index contributed by atoms with van der Waals surface area (Å²) in [4.78, 5) is 27.1. The van der Waals surface area contributed by atoms with Gasteiger partial charge in [0.25, 0.3) is 5.91 Å². The van der Waals surface area contributed by atoms with Crippen LogP contribution >= 0.6 is 11.6 Å². The lowest BCUT2D eigenvalue weighted by Gasteiger charge is -2.22. The summed E-state index contributed by atoms with van der Waals surface area (Å²) in [6.07, 6.45) is 1.37. The van der Waals surface area contributed by atoms with Gasteiger partial charge < -0.3 is 15.2 Å². The largest absolute Gasteiger partial charge is 0.439 e. The van der Waals surface area contributed by atoms with Crippen molar-refractivity contribution >= 4 is 23.5 Å². The molecule has 8 heteroatoms. The van der Waals surface area contributed by atoms with E-state index in [1.54, 1.807) is 43.3 Å². The molecule has 0 bridgehead atoms. The van der Waals surface area contributed by atoms with Crippen LogP contribution in [0, 0.1) is 0 Å². The summed E-state index contributed by atoms with van der Waals surface area (Å²) in [5.74, 6) is 0.609. The lowest BCUT2D eigenvalue weighted by molar-refractivity contribution is -0.123. The van der Waals surface area contributed by atoms with Crippen LogP contribution in [0.25, 0.3) is 0 Å². The Balaban J connectivity index is 1.58. The first-order chi connectivity index (χ1) is 12.4. The van der Waals surface area contributed by atoms with Crippen molar-refractivity contribution < 1.29 is 19.4 Å². The van der Waals surface area contributed by atoms with Gasteiger partial charge >= 0.3 is 6.03 Å². The quantitative estimate of drug-likeness (QED) is 0.674. The number of aromatic nitrogens is 1. The molecule has 3 N–H and O–H groups in total. The molecule has 0 spiro atoms. The zero-order valence-electron chi connectivity index (χ0n) is 14.0. The van der Waals surface area contributed by atoms with E-state index in [0.29, 0.717) is 35.1 Å². The highest BCUT2D eigenvalue weighted by molar-refractivity contribution is 6.30. The van der Waals surface area contributed by atoms with Crippen molar-refractivity contribution in [2.45, 2.75) is 31.4 Å². The van der Waals surface area contributed by atoms with Crippen molar-refractivity contribution in [1.82, 2.24) is 15.6 Å². The maximum atomic E-state index is 11.8. The van der Waals surface area contributed by atoms with E-state index in [-0.39, 0.29) is 5.91 Å². The monoisotopic (exact) mass is 375 g/mol. The molecule has 3 amide bonds. The predicted octanol–water partition coefficient (Wildman–Crippen LogP) is 2.94. The first-order valence-corrected chi connectivity index (χ1v) is 8.44. The number of ether oxygens (including phenoxy) is 1. The summed E-state index contributed by atoms with van der Waals surface area (Å²) in [7, 11) is 0. The summed E-state index contributed by atoms with van der Waals surface area (Å²) in [5, 5.41) is 15.7. The van der Waals surface area contributed by atoms with Gasteiger partial charge in [-0.3, -0.25) is 10.1 Å². The van der Waals surface area contributed by atoms with Gasteiger partial charge in [0.05, 0.1) is 11.1 Å². The summed E-state index contributed by atoms with van der Waals surface area (Å²) in [6.45, 7) is 1.63. The maximum absolute atomic E-state index is 11.8. The second-order valence-corrected chi connectivity index (χ2v) is 6.72. The van der Waals surface area contributed by atoms with Crippen LogP contribution in [0.3, 0.4) is 0 Å². The van der Waals surface area contributed by atoms with Gasteiger partial charge in [0, 0.05) is 12.3 Å². The summed E-state index contributed by atoms with van der Waals surface area (Å²) >= 11 is 5.78. The van der Waals surface area contributed by atoms with Crippen LogP contribution in [0.15, 0.2) is 42.6 Å². The molecule has 1 fully saturated rings. The number of urea groups is 1. The van der Waals surface area contributed by atoms with Crippen LogP contribution in [0.1, 0.15) is 31.4 Å². The van der Waals surface area contributed by atoms with Crippen LogP contribution in [0.2, 0.25) is 5.02 Å². The van der Waals surface area contributed by atoms with E-state index in [4.69, 9.17) is 16.3 Å². The molecule has 1 aromatic carbocycles. The third-order valence-corrected chi connectivity index (χ3v) is 4.45. The van der Waals surface area contributed by atoms with Crippen LogP contribution in [-0.4, -0.2) is 27.6 Å². The number of amides is 3. The Hall–Kier alpha value is -2.64. The van der Waals surface area contributed by atoms with Gasteiger partial charge in [0.2, 0.25) is 5.88 Å². The fourth-order valence-electron chi connectivity index (χ4n) is 2.65. The maximum Gasteiger partial charge on any atom is 0.322 e. The fourth-order valence-corrected chi connectivity index (χ4v) is 2.76. The number of hydrogen-bond acceptors (Lipinski definition) is 5. The van der Waals surface area contributed by atoms with Crippen molar-refractivity contribution in [3.05, 3.63) is 53.2 Å². The van der Waals surface area contributed by atoms with E-state index < -0.39 is 17.7 Å². The molecule has 2 aromatic rings. The molecule has 1 aromatic heterocycles. The average Bonchev–Trinajstić information content (AvgIpc) is 2.88. The smallest absolute Gasteiger partial charge is 0.322 e. The number of rotatable bonds is 6. The lowest BCUT2D eigenvalue weighted by Crippen LogP contribution is -2.43. The van der Waals surface area contributed by atoms with Gasteiger partial charge in [-0.2, -0.15) is 0 Å². The third kappa shape index (κ3) is 4.12. The van der Waals surface area contributed by atoms with Crippen molar-refractivity contribution in [3.63, 3.8) is 0 Å². The Morgan fingerprint density at radius 3 is 2.54 bits per heavy atom. The molecule has 7 nitrogen and oxygen atoms in total. The number of nitrogens with zero attached hydrogens (tertiary/aromatic N) is 1. The SMILES string of the molecule is CC1(CCC(O)c2ccc(Oc3ccc(Cl)cn3)cc2)NC(=O)NC1=O. The van der Waals surface area contributed by atoms with E-state index in [1.165, 1.54) is 6.20 Å². The van der Waals surface area contributed by atoms with Crippen LogP contribution in [-0.2, 0) is 4.79 Å². The number of nitrogens with one attached hydrogen (secondary N) is 2. The van der Waals surface area contributed by atoms with Crippen molar-refractivity contribution in [3.8, 4) is 11.6 Å². The second-order valence-electron chi connectivity index (χ2n) is 6.28. The molecule has 136 valence electrons. The molecule has 1 saturated heterocycles. The molecule has 2 heterocycles. The molecular formula is C18H18ClN3O4. The van der Waals surface area contributed by atoms with Gasteiger partial charge in [-0.1, -0.05) is 23.7 Å². The van der Waals surface area contributed by atoms with E-state index in [2.05, 4.69) is 15.6 Å². The topological polar surface area (TPSA) is 101 Å². The third-order valence-electron chi connectivity index (χ3n) is 4.22. The average molecular weight is 376 g/mol. The summed E-state index contributed by atoms with van der Waals surface area (Å²) in [6, 6.07) is 9.76. The number of carbonyl (C=O) groups is 2. The number of hydrogen-bond donors (Lipinski definition) is 3. The number of imide groups is 1. The van der Waals surface area contributed by atoms with E-state index in [9.17, 15) is 14.7 Å². The molecule has 3 rings (SSSR count). The van der Waals surface area contributed by atoms with E-state index in [0.717, 1.165) is 0 Å². The highest BCUT2D eigenvalue weighted by atomic mass is 35.5. The standard InChI is InChI=1S/C18H18ClN3O4/c1-18(16(24)21-17(25)22-18)9-8-14(23)11-2-5-13(6-3-11)26-15-7-4-12(19)10-20-15/h2-7,10,14,23H,8-9H2,1H3,(H2,21,22,24,25). The molecule has 26 heavy (non-hydrogen) atoms. The van der Waals surface area contributed by atoms with Crippen LogP contribution in [0.4, 0.5) is 4.79 Å². The Morgan fingerprint density at radius 2 is 1.96 bits per heavy atom. The van der Waals surface area contributed by atoms with Gasteiger partial charge in [-0.15, -0.1) is 0 Å². The van der Waals surface area contributed by atoms with Gasteiger partial charge in [0.15, 0.2) is 0 Å². The normalized spacial score (nSPS) is 20.4. The Labute approximate surface area is 155 Å². The highest BCUT2D eigenvalue weighted by Gasteiger charge is 2.41. The molecule has 1 aliphatic heterocycles. The minimum Gasteiger partial charge on any atom is -0.439 e. The Kier molecular flexibility index (Phi) is 5.11. The molecule has 0 aliphatic carbocycles. The molecule has 0 saturated carbocycles. The van der Waals surface area contributed by atoms with Gasteiger partial charge in [-0.05, 0) is 43.5 Å². The number of carbonyl (C=O) groups excluding carboxylic acids is 2. The first kappa shape index (κ1) is 18.2. The molecule has 2 atom stereocenters. The summed E-state index contributed by atoms with van der Waals surface area (Å²) in [5.41, 5.74) is -0.309. The van der Waals surface area contributed by atoms with Gasteiger partial charge in [0.1, 0.15) is 11.3 Å².